The number of rotatable bonds is 4. The van der Waals surface area contributed by atoms with Gasteiger partial charge >= 0.3 is 6.03 Å². The summed E-state index contributed by atoms with van der Waals surface area (Å²) in [6.45, 7) is 0.900. The third-order valence-electron chi connectivity index (χ3n) is 5.60. The second-order valence-corrected chi connectivity index (χ2v) is 7.35. The Morgan fingerprint density at radius 2 is 1.77 bits per heavy atom. The van der Waals surface area contributed by atoms with E-state index in [9.17, 15) is 18.8 Å². The SMILES string of the molecule is COc1ccc(C(=O)N2CCC(N3CC(=O)N(c4ccccc4)C3=O)CC2)cc1F. The molecule has 2 heterocycles. The fraction of sp³-hybridized carbons (Fsp3) is 0.318. The van der Waals surface area contributed by atoms with E-state index in [0.29, 0.717) is 31.6 Å². The summed E-state index contributed by atoms with van der Waals surface area (Å²) in [5.41, 5.74) is 0.818. The number of nitrogens with zero attached hydrogens (tertiary/aromatic N) is 3. The molecule has 8 heteroatoms. The third kappa shape index (κ3) is 3.60. The number of hydrogen-bond acceptors (Lipinski definition) is 4. The highest BCUT2D eigenvalue weighted by Crippen LogP contribution is 2.27. The van der Waals surface area contributed by atoms with Crippen LogP contribution in [-0.4, -0.2) is 60.4 Å². The third-order valence-corrected chi connectivity index (χ3v) is 5.60. The summed E-state index contributed by atoms with van der Waals surface area (Å²) in [5, 5.41) is 0. The Labute approximate surface area is 173 Å². The molecule has 156 valence electrons. The molecule has 0 spiro atoms. The van der Waals surface area contributed by atoms with Crippen LogP contribution in [0.3, 0.4) is 0 Å². The van der Waals surface area contributed by atoms with E-state index >= 15 is 0 Å². The molecule has 0 saturated carbocycles. The predicted octanol–water partition coefficient (Wildman–Crippen LogP) is 2.91. The summed E-state index contributed by atoms with van der Waals surface area (Å²) >= 11 is 0. The van der Waals surface area contributed by atoms with Crippen molar-refractivity contribution in [1.29, 1.82) is 0 Å². The number of methoxy groups -OCH3 is 1. The van der Waals surface area contributed by atoms with E-state index in [2.05, 4.69) is 0 Å². The van der Waals surface area contributed by atoms with E-state index in [1.54, 1.807) is 34.1 Å². The fourth-order valence-corrected chi connectivity index (χ4v) is 4.00. The minimum atomic E-state index is -0.583. The van der Waals surface area contributed by atoms with Crippen molar-refractivity contribution in [2.45, 2.75) is 18.9 Å². The van der Waals surface area contributed by atoms with Crippen LogP contribution in [-0.2, 0) is 4.79 Å². The highest BCUT2D eigenvalue weighted by molar-refractivity contribution is 6.19. The van der Waals surface area contributed by atoms with E-state index in [1.165, 1.54) is 30.2 Å². The first-order valence-corrected chi connectivity index (χ1v) is 9.81. The van der Waals surface area contributed by atoms with Gasteiger partial charge in [0.15, 0.2) is 11.6 Å². The second kappa shape index (κ2) is 8.14. The fourth-order valence-electron chi connectivity index (χ4n) is 4.00. The Morgan fingerprint density at radius 1 is 1.07 bits per heavy atom. The van der Waals surface area contributed by atoms with Crippen LogP contribution in [0.15, 0.2) is 48.5 Å². The van der Waals surface area contributed by atoms with Gasteiger partial charge in [0.05, 0.1) is 12.8 Å². The molecule has 0 unspecified atom stereocenters. The number of carbonyl (C=O) groups excluding carboxylic acids is 3. The van der Waals surface area contributed by atoms with Crippen molar-refractivity contribution >= 4 is 23.5 Å². The van der Waals surface area contributed by atoms with E-state index in [-0.39, 0.29) is 41.7 Å². The average molecular weight is 411 g/mol. The van der Waals surface area contributed by atoms with Crippen LogP contribution in [0.4, 0.5) is 14.9 Å². The van der Waals surface area contributed by atoms with Crippen molar-refractivity contribution in [2.24, 2.45) is 0 Å². The van der Waals surface area contributed by atoms with Gasteiger partial charge in [0, 0.05) is 24.7 Å². The first-order chi connectivity index (χ1) is 14.5. The minimum absolute atomic E-state index is 0.0377. The molecule has 2 aromatic rings. The molecule has 4 rings (SSSR count). The maximum atomic E-state index is 13.9. The van der Waals surface area contributed by atoms with Crippen molar-refractivity contribution in [3.63, 3.8) is 0 Å². The van der Waals surface area contributed by atoms with E-state index in [1.807, 2.05) is 6.07 Å². The summed E-state index contributed by atoms with van der Waals surface area (Å²) < 4.78 is 18.8. The number of ether oxygens (including phenoxy) is 1. The number of imide groups is 1. The number of benzene rings is 2. The zero-order valence-electron chi connectivity index (χ0n) is 16.6. The van der Waals surface area contributed by atoms with Gasteiger partial charge < -0.3 is 14.5 Å². The Hall–Kier alpha value is -3.42. The highest BCUT2D eigenvalue weighted by Gasteiger charge is 2.41. The lowest BCUT2D eigenvalue weighted by Gasteiger charge is -2.36. The molecular weight excluding hydrogens is 389 g/mol. The number of carbonyl (C=O) groups is 3. The van der Waals surface area contributed by atoms with Gasteiger partial charge in [-0.3, -0.25) is 9.59 Å². The van der Waals surface area contributed by atoms with Crippen LogP contribution in [0.2, 0.25) is 0 Å². The number of halogens is 1. The largest absolute Gasteiger partial charge is 0.494 e. The molecule has 2 aromatic carbocycles. The summed E-state index contributed by atoms with van der Waals surface area (Å²) in [7, 11) is 1.37. The first-order valence-electron chi connectivity index (χ1n) is 9.81. The van der Waals surface area contributed by atoms with Crippen molar-refractivity contribution in [1.82, 2.24) is 9.80 Å². The Bertz CT molecular complexity index is 974. The molecule has 2 fully saturated rings. The molecule has 0 aromatic heterocycles. The Kier molecular flexibility index (Phi) is 5.39. The number of anilines is 1. The maximum absolute atomic E-state index is 13.9. The number of likely N-dealkylation sites (tertiary alicyclic amines) is 1. The molecule has 0 N–H and O–H groups in total. The van der Waals surface area contributed by atoms with Crippen molar-refractivity contribution < 1.29 is 23.5 Å². The zero-order valence-corrected chi connectivity index (χ0v) is 16.6. The maximum Gasteiger partial charge on any atom is 0.332 e. The van der Waals surface area contributed by atoms with Crippen molar-refractivity contribution in [2.75, 3.05) is 31.6 Å². The number of piperidine rings is 1. The van der Waals surface area contributed by atoms with E-state index < -0.39 is 5.82 Å². The smallest absolute Gasteiger partial charge is 0.332 e. The molecule has 2 aliphatic heterocycles. The van der Waals surface area contributed by atoms with Crippen LogP contribution in [0, 0.1) is 5.82 Å². The lowest BCUT2D eigenvalue weighted by Crippen LogP contribution is -2.48. The van der Waals surface area contributed by atoms with E-state index in [4.69, 9.17) is 4.74 Å². The normalized spacial score (nSPS) is 17.6. The Morgan fingerprint density at radius 3 is 2.40 bits per heavy atom. The molecule has 0 bridgehead atoms. The van der Waals surface area contributed by atoms with E-state index in [0.717, 1.165) is 0 Å². The van der Waals surface area contributed by atoms with Crippen molar-refractivity contribution in [3.8, 4) is 5.75 Å². The summed E-state index contributed by atoms with van der Waals surface area (Å²) in [6, 6.07) is 12.6. The van der Waals surface area contributed by atoms with Gasteiger partial charge in [-0.25, -0.2) is 14.1 Å². The summed E-state index contributed by atoms with van der Waals surface area (Å²) in [5.74, 6) is -1.01. The Balaban J connectivity index is 1.40. The van der Waals surface area contributed by atoms with Crippen LogP contribution in [0.25, 0.3) is 0 Å². The second-order valence-electron chi connectivity index (χ2n) is 7.35. The lowest BCUT2D eigenvalue weighted by atomic mass is 10.0. The average Bonchev–Trinajstić information content (AvgIpc) is 3.07. The van der Waals surface area contributed by atoms with Crippen LogP contribution < -0.4 is 9.64 Å². The van der Waals surface area contributed by atoms with Gasteiger partial charge in [-0.1, -0.05) is 18.2 Å². The molecule has 0 atom stereocenters. The molecule has 0 radical (unpaired) electrons. The highest BCUT2D eigenvalue weighted by atomic mass is 19.1. The van der Waals surface area contributed by atoms with Gasteiger partial charge in [-0.05, 0) is 43.2 Å². The molecule has 2 aliphatic rings. The molecule has 30 heavy (non-hydrogen) atoms. The monoisotopic (exact) mass is 411 g/mol. The van der Waals surface area contributed by atoms with Crippen molar-refractivity contribution in [3.05, 3.63) is 59.9 Å². The van der Waals surface area contributed by atoms with Gasteiger partial charge in [0.25, 0.3) is 11.8 Å². The molecule has 2 saturated heterocycles. The van der Waals surface area contributed by atoms with Gasteiger partial charge in [0.1, 0.15) is 6.54 Å². The van der Waals surface area contributed by atoms with Gasteiger partial charge in [0.2, 0.25) is 0 Å². The zero-order chi connectivity index (χ0) is 21.3. The number of para-hydroxylation sites is 1. The molecular formula is C22H22FN3O4. The number of urea groups is 1. The number of hydrogen-bond donors (Lipinski definition) is 0. The summed E-state index contributed by atoms with van der Waals surface area (Å²) in [6.07, 6.45) is 1.12. The molecule has 7 nitrogen and oxygen atoms in total. The van der Waals surface area contributed by atoms with Crippen LogP contribution >= 0.6 is 0 Å². The standard InChI is InChI=1S/C22H22FN3O4/c1-30-19-8-7-15(13-18(19)23)21(28)24-11-9-16(10-12-24)25-14-20(27)26(22(25)29)17-5-3-2-4-6-17/h2-8,13,16H,9-12,14H2,1H3. The predicted molar refractivity (Wildman–Crippen MR) is 108 cm³/mol. The van der Waals surface area contributed by atoms with Gasteiger partial charge in [-0.15, -0.1) is 0 Å². The summed E-state index contributed by atoms with van der Waals surface area (Å²) in [4.78, 5) is 42.4. The minimum Gasteiger partial charge on any atom is -0.494 e. The molecule has 4 amide bonds. The lowest BCUT2D eigenvalue weighted by molar-refractivity contribution is -0.116. The topological polar surface area (TPSA) is 70.2 Å². The van der Waals surface area contributed by atoms with Crippen LogP contribution in [0.1, 0.15) is 23.2 Å². The quantitative estimate of drug-likeness (QED) is 0.726. The van der Waals surface area contributed by atoms with Gasteiger partial charge in [-0.2, -0.15) is 0 Å². The first kappa shape index (κ1) is 19.9. The number of amides is 4. The van der Waals surface area contributed by atoms with Crippen LogP contribution in [0.5, 0.6) is 5.75 Å². The molecule has 0 aliphatic carbocycles.